The first kappa shape index (κ1) is 42.7. The van der Waals surface area contributed by atoms with Crippen molar-refractivity contribution in [3.05, 3.63) is 84.7 Å². The van der Waals surface area contributed by atoms with Gasteiger partial charge in [-0.25, -0.2) is 25.2 Å². The first-order valence-electron chi connectivity index (χ1n) is 22.5. The Bertz CT molecular complexity index is 2400. The van der Waals surface area contributed by atoms with Crippen LogP contribution < -0.4 is 10.7 Å². The average molecular weight is 841 g/mol. The molecule has 0 bridgehead atoms. The zero-order valence-electron chi connectivity index (χ0n) is 36.6. The van der Waals surface area contributed by atoms with Gasteiger partial charge in [-0.1, -0.05) is 74.2 Å². The summed E-state index contributed by atoms with van der Waals surface area (Å²) in [5.41, 5.74) is 8.66. The van der Waals surface area contributed by atoms with Crippen molar-refractivity contribution in [3.63, 3.8) is 0 Å². The molecule has 8 rings (SSSR count). The van der Waals surface area contributed by atoms with E-state index in [0.29, 0.717) is 0 Å². The number of imidazole rings is 2. The van der Waals surface area contributed by atoms with E-state index in [0.717, 1.165) is 120 Å². The number of benzene rings is 3. The van der Waals surface area contributed by atoms with E-state index >= 15 is 0 Å². The molecule has 4 atom stereocenters. The van der Waals surface area contributed by atoms with Crippen LogP contribution in [0.1, 0.15) is 115 Å². The lowest BCUT2D eigenvalue weighted by atomic mass is 9.77. The van der Waals surface area contributed by atoms with Crippen molar-refractivity contribution in [1.82, 2.24) is 40.6 Å². The third kappa shape index (κ3) is 9.41. The molecule has 3 aliphatic rings. The molecule has 62 heavy (non-hydrogen) atoms. The van der Waals surface area contributed by atoms with Gasteiger partial charge >= 0.3 is 6.09 Å². The minimum atomic E-state index is -0.664. The number of hydrazine groups is 1. The molecule has 13 nitrogen and oxygen atoms in total. The van der Waals surface area contributed by atoms with E-state index in [1.54, 1.807) is 4.90 Å². The largest absolute Gasteiger partial charge is 0.452 e. The van der Waals surface area contributed by atoms with Gasteiger partial charge in [0.2, 0.25) is 17.7 Å². The number of aromatic amines is 2. The maximum Gasteiger partial charge on any atom is 0.425 e. The lowest BCUT2D eigenvalue weighted by molar-refractivity contribution is -0.143. The van der Waals surface area contributed by atoms with Crippen molar-refractivity contribution in [2.24, 2.45) is 11.8 Å². The van der Waals surface area contributed by atoms with Gasteiger partial charge in [0.05, 0.1) is 37.4 Å². The van der Waals surface area contributed by atoms with Gasteiger partial charge in [-0.05, 0) is 106 Å². The molecule has 3 aliphatic carbocycles. The van der Waals surface area contributed by atoms with Gasteiger partial charge in [0.1, 0.15) is 11.6 Å². The number of ether oxygens (including phenoxy) is 1. The van der Waals surface area contributed by atoms with Crippen molar-refractivity contribution in [3.8, 4) is 33.6 Å². The van der Waals surface area contributed by atoms with Crippen LogP contribution in [0.25, 0.3) is 44.4 Å². The second-order valence-corrected chi connectivity index (χ2v) is 18.0. The van der Waals surface area contributed by atoms with Crippen LogP contribution in [0.5, 0.6) is 0 Å². The quantitative estimate of drug-likeness (QED) is 0.0912. The number of rotatable bonds is 12. The minimum absolute atomic E-state index is 0.0235. The summed E-state index contributed by atoms with van der Waals surface area (Å²) in [6, 6.07) is 21.3. The van der Waals surface area contributed by atoms with Crippen molar-refractivity contribution >= 4 is 34.6 Å². The van der Waals surface area contributed by atoms with Gasteiger partial charge in [-0.15, -0.1) is 0 Å². The summed E-state index contributed by atoms with van der Waals surface area (Å²) in [5, 5.41) is 6.65. The molecule has 2 aromatic heterocycles. The van der Waals surface area contributed by atoms with E-state index in [1.165, 1.54) is 12.1 Å². The fourth-order valence-corrected chi connectivity index (χ4v) is 9.43. The van der Waals surface area contributed by atoms with E-state index in [1.807, 2.05) is 40.1 Å². The van der Waals surface area contributed by atoms with Crippen molar-refractivity contribution in [2.75, 3.05) is 13.7 Å². The molecule has 3 fully saturated rings. The lowest BCUT2D eigenvalue weighted by Crippen LogP contribution is -2.53. The normalized spacial score (nSPS) is 20.2. The number of fused-ring (bicyclic) bond motifs is 1. The number of H-pyrrole nitrogens is 2. The van der Waals surface area contributed by atoms with E-state index in [2.05, 4.69) is 81.4 Å². The predicted octanol–water partition coefficient (Wildman–Crippen LogP) is 8.86. The second kappa shape index (κ2) is 18.6. The van der Waals surface area contributed by atoms with Gasteiger partial charge < -0.3 is 24.9 Å². The molecule has 0 aliphatic heterocycles. The molecule has 2 heterocycles. The number of methoxy groups -OCH3 is 1. The summed E-state index contributed by atoms with van der Waals surface area (Å²) < 4.78 is 4.78. The molecule has 3 aromatic carbocycles. The standard InChI is InChI=1S/C49H60N8O5/c1-29(2)56(28-44(58)52-37-22-23-37)47(59)40-12-8-6-10-38(40)45-50-26-42(53-45)32-16-14-31(15-17-32)33-18-19-35-25-36(21-20-34(35)24-33)43-27-51-46(54-43)39-11-7-9-13-41(39)48(60)57(30(3)4)55-49(61)62-5/h14-21,24-27,29-30,37-41H,6-13,22-23,28H2,1-5H3,(H,50,53)(H,51,54)(H,52,58)(H,55,61)/t38-,39+,40?,41-/m1/s1. The summed E-state index contributed by atoms with van der Waals surface area (Å²) >= 11 is 0. The number of nitrogens with one attached hydrogen (secondary N) is 4. The molecule has 0 spiro atoms. The number of aromatic nitrogens is 4. The lowest BCUT2D eigenvalue weighted by Gasteiger charge is -2.35. The van der Waals surface area contributed by atoms with E-state index in [9.17, 15) is 19.2 Å². The highest BCUT2D eigenvalue weighted by molar-refractivity contribution is 5.91. The van der Waals surface area contributed by atoms with Crippen LogP contribution in [-0.2, 0) is 19.1 Å². The summed E-state index contributed by atoms with van der Waals surface area (Å²) in [7, 11) is 1.29. The monoisotopic (exact) mass is 840 g/mol. The molecule has 5 aromatic rings. The van der Waals surface area contributed by atoms with Crippen LogP contribution in [-0.4, -0.2) is 85.4 Å². The molecule has 4 amide bonds. The summed E-state index contributed by atoms with van der Waals surface area (Å²) in [6.45, 7) is 7.81. The van der Waals surface area contributed by atoms with Gasteiger partial charge in [-0.2, -0.15) is 0 Å². The Morgan fingerprint density at radius 3 is 1.74 bits per heavy atom. The highest BCUT2D eigenvalue weighted by Gasteiger charge is 2.39. The van der Waals surface area contributed by atoms with Crippen LogP contribution in [0.2, 0.25) is 0 Å². The summed E-state index contributed by atoms with van der Waals surface area (Å²) in [5.74, 6) is 0.838. The highest BCUT2D eigenvalue weighted by atomic mass is 16.5. The van der Waals surface area contributed by atoms with Gasteiger partial charge in [0.25, 0.3) is 0 Å². The molecule has 0 radical (unpaired) electrons. The molecule has 326 valence electrons. The van der Waals surface area contributed by atoms with Crippen LogP contribution >= 0.6 is 0 Å². The first-order chi connectivity index (χ1) is 30.0. The number of hydrogen-bond acceptors (Lipinski definition) is 7. The minimum Gasteiger partial charge on any atom is -0.452 e. The molecule has 13 heteroatoms. The molecular weight excluding hydrogens is 781 g/mol. The topological polar surface area (TPSA) is 165 Å². The SMILES string of the molecule is COC(=O)NN(C(=O)[C@@H]1CCCC[C@@H]1c1ncc(-c2ccc3cc(-c4ccc(-c5cnc([C@@H]6CCCCC6C(=O)N(CC(=O)NC6CC6)C(C)C)[nH]5)cc4)ccc3c2)[nH]1)C(C)C. The van der Waals surface area contributed by atoms with Gasteiger partial charge in [0.15, 0.2) is 0 Å². The van der Waals surface area contributed by atoms with Crippen LogP contribution in [0.3, 0.4) is 0 Å². The zero-order chi connectivity index (χ0) is 43.5. The molecule has 4 N–H and O–H groups in total. The Morgan fingerprint density at radius 2 is 1.18 bits per heavy atom. The summed E-state index contributed by atoms with van der Waals surface area (Å²) in [4.78, 5) is 71.0. The van der Waals surface area contributed by atoms with Crippen LogP contribution in [0, 0.1) is 11.8 Å². The molecule has 0 saturated heterocycles. The first-order valence-corrected chi connectivity index (χ1v) is 22.5. The molecule has 3 saturated carbocycles. The van der Waals surface area contributed by atoms with Crippen molar-refractivity contribution < 1.29 is 23.9 Å². The Balaban J connectivity index is 0.938. The number of hydrogen-bond donors (Lipinski definition) is 4. The number of carbonyl (C=O) groups is 4. The third-order valence-electron chi connectivity index (χ3n) is 13.1. The Hall–Kier alpha value is -5.98. The number of amides is 4. The Morgan fingerprint density at radius 1 is 0.661 bits per heavy atom. The fraction of sp³-hybridized carbons (Fsp3) is 0.469. The smallest absolute Gasteiger partial charge is 0.425 e. The molecule has 1 unspecified atom stereocenters. The summed E-state index contributed by atoms with van der Waals surface area (Å²) in [6.07, 6.45) is 12.3. The number of carbonyl (C=O) groups excluding carboxylic acids is 4. The Kier molecular flexibility index (Phi) is 12.8. The van der Waals surface area contributed by atoms with E-state index in [4.69, 9.17) is 14.7 Å². The maximum atomic E-state index is 14.0. The van der Waals surface area contributed by atoms with Crippen LogP contribution in [0.15, 0.2) is 73.1 Å². The third-order valence-corrected chi connectivity index (χ3v) is 13.1. The predicted molar refractivity (Wildman–Crippen MR) is 239 cm³/mol. The average Bonchev–Trinajstić information content (AvgIpc) is 3.72. The van der Waals surface area contributed by atoms with Crippen molar-refractivity contribution in [1.29, 1.82) is 0 Å². The Labute approximate surface area is 363 Å². The highest BCUT2D eigenvalue weighted by Crippen LogP contribution is 2.40. The zero-order valence-corrected chi connectivity index (χ0v) is 36.6. The maximum absolute atomic E-state index is 14.0. The molecular formula is C49H60N8O5. The van der Waals surface area contributed by atoms with Crippen LogP contribution in [0.4, 0.5) is 4.79 Å². The van der Waals surface area contributed by atoms with E-state index in [-0.39, 0.29) is 66.1 Å². The van der Waals surface area contributed by atoms with E-state index < -0.39 is 6.09 Å². The second-order valence-electron chi connectivity index (χ2n) is 18.0. The van der Waals surface area contributed by atoms with Gasteiger partial charge in [-0.3, -0.25) is 14.4 Å². The number of nitrogens with zero attached hydrogens (tertiary/aromatic N) is 4. The van der Waals surface area contributed by atoms with Gasteiger partial charge in [0, 0.05) is 47.4 Å². The fourth-order valence-electron chi connectivity index (χ4n) is 9.43. The van der Waals surface area contributed by atoms with Crippen molar-refractivity contribution in [2.45, 2.75) is 122 Å².